The lowest BCUT2D eigenvalue weighted by atomic mass is 10.0. The van der Waals surface area contributed by atoms with E-state index in [1.54, 1.807) is 12.0 Å². The van der Waals surface area contributed by atoms with Gasteiger partial charge in [-0.3, -0.25) is 4.79 Å². The predicted molar refractivity (Wildman–Crippen MR) is 102 cm³/mol. The van der Waals surface area contributed by atoms with Crippen LogP contribution in [0.15, 0.2) is 52.9 Å². The van der Waals surface area contributed by atoms with Gasteiger partial charge in [0.05, 0.1) is 7.11 Å². The van der Waals surface area contributed by atoms with Crippen molar-refractivity contribution in [2.24, 2.45) is 0 Å². The summed E-state index contributed by atoms with van der Waals surface area (Å²) < 4.78 is 11.3. The second-order valence-electron chi connectivity index (χ2n) is 6.60. The van der Waals surface area contributed by atoms with E-state index in [4.69, 9.17) is 9.15 Å². The molecule has 1 fully saturated rings. The van der Waals surface area contributed by atoms with Crippen molar-refractivity contribution in [2.45, 2.75) is 12.5 Å². The number of rotatable bonds is 4. The Morgan fingerprint density at radius 3 is 2.73 bits per heavy atom. The third-order valence-electron chi connectivity index (χ3n) is 5.06. The first kappa shape index (κ1) is 16.7. The van der Waals surface area contributed by atoms with Crippen LogP contribution in [-0.4, -0.2) is 44.1 Å². The number of amides is 1. The van der Waals surface area contributed by atoms with Crippen molar-refractivity contribution in [1.29, 1.82) is 0 Å². The number of hydrogen-bond donors (Lipinski definition) is 1. The van der Waals surface area contributed by atoms with Crippen molar-refractivity contribution in [3.05, 3.63) is 54.3 Å². The van der Waals surface area contributed by atoms with Crippen LogP contribution in [0.2, 0.25) is 0 Å². The maximum absolute atomic E-state index is 13.2. The zero-order valence-electron chi connectivity index (χ0n) is 15.0. The minimum Gasteiger partial charge on any atom is -0.497 e. The predicted octanol–water partition coefficient (Wildman–Crippen LogP) is 3.54. The first-order valence-electron chi connectivity index (χ1n) is 8.83. The summed E-state index contributed by atoms with van der Waals surface area (Å²) >= 11 is 0. The summed E-state index contributed by atoms with van der Waals surface area (Å²) in [6.45, 7) is 1.75. The van der Waals surface area contributed by atoms with Gasteiger partial charge in [-0.25, -0.2) is 0 Å². The van der Waals surface area contributed by atoms with Crippen LogP contribution in [0.5, 0.6) is 5.75 Å². The highest BCUT2D eigenvalue weighted by Gasteiger charge is 2.29. The van der Waals surface area contributed by atoms with Crippen LogP contribution in [0.1, 0.15) is 17.0 Å². The van der Waals surface area contributed by atoms with Crippen LogP contribution < -0.4 is 10.1 Å². The van der Waals surface area contributed by atoms with Crippen LogP contribution in [0.4, 0.5) is 0 Å². The Hall–Kier alpha value is -2.79. The number of ether oxygens (including phenoxy) is 1. The molecule has 1 atom stereocenters. The Bertz CT molecular complexity index is 927. The highest BCUT2D eigenvalue weighted by molar-refractivity contribution is 6.08. The molecule has 0 radical (unpaired) electrons. The number of nitrogens with zero attached hydrogens (tertiary/aromatic N) is 1. The molecule has 4 rings (SSSR count). The van der Waals surface area contributed by atoms with E-state index in [1.807, 2.05) is 55.6 Å². The molecule has 1 aliphatic heterocycles. The summed E-state index contributed by atoms with van der Waals surface area (Å²) in [6.07, 6.45) is 0.955. The summed E-state index contributed by atoms with van der Waals surface area (Å²) in [4.78, 5) is 15.0. The molecule has 0 aliphatic carbocycles. The molecule has 5 heteroatoms. The Morgan fingerprint density at radius 2 is 2.04 bits per heavy atom. The van der Waals surface area contributed by atoms with Crippen molar-refractivity contribution in [2.75, 3.05) is 27.2 Å². The molecule has 1 amide bonds. The maximum atomic E-state index is 13.2. The van der Waals surface area contributed by atoms with E-state index >= 15 is 0 Å². The lowest BCUT2D eigenvalue weighted by Gasteiger charge is -2.23. The molecular weight excluding hydrogens is 328 g/mol. The van der Waals surface area contributed by atoms with Gasteiger partial charge >= 0.3 is 0 Å². The van der Waals surface area contributed by atoms with Crippen LogP contribution >= 0.6 is 0 Å². The fourth-order valence-electron chi connectivity index (χ4n) is 3.54. The van der Waals surface area contributed by atoms with Crippen molar-refractivity contribution in [3.63, 3.8) is 0 Å². The first-order valence-corrected chi connectivity index (χ1v) is 8.83. The van der Waals surface area contributed by atoms with E-state index in [9.17, 15) is 4.79 Å². The average molecular weight is 350 g/mol. The Morgan fingerprint density at radius 1 is 1.23 bits per heavy atom. The number of methoxy groups -OCH3 is 1. The van der Waals surface area contributed by atoms with E-state index in [0.29, 0.717) is 17.1 Å². The molecule has 2 aromatic carbocycles. The van der Waals surface area contributed by atoms with Crippen molar-refractivity contribution < 1.29 is 13.9 Å². The number of carbonyl (C=O) groups excluding carboxylic acids is 1. The number of likely N-dealkylation sites (N-methyl/N-ethyl adjacent to an activating group) is 1. The summed E-state index contributed by atoms with van der Waals surface area (Å²) in [5.74, 6) is 1.000. The molecule has 0 spiro atoms. The average Bonchev–Trinajstić information content (AvgIpc) is 3.34. The summed E-state index contributed by atoms with van der Waals surface area (Å²) in [7, 11) is 3.47. The minimum absolute atomic E-state index is 0.0901. The Balaban J connectivity index is 1.85. The number of benzene rings is 2. The van der Waals surface area contributed by atoms with Gasteiger partial charge in [-0.15, -0.1) is 0 Å². The number of nitrogens with one attached hydrogen (secondary N) is 1. The molecule has 2 heterocycles. The highest BCUT2D eigenvalue weighted by Crippen LogP contribution is 2.37. The fourth-order valence-corrected chi connectivity index (χ4v) is 3.54. The van der Waals surface area contributed by atoms with Gasteiger partial charge in [-0.05, 0) is 30.7 Å². The molecular formula is C21H22N2O3. The summed E-state index contributed by atoms with van der Waals surface area (Å²) in [5.41, 5.74) is 2.47. The van der Waals surface area contributed by atoms with E-state index in [2.05, 4.69) is 5.32 Å². The normalized spacial score (nSPS) is 16.8. The molecule has 0 saturated carbocycles. The monoisotopic (exact) mass is 350 g/mol. The van der Waals surface area contributed by atoms with Crippen LogP contribution in [0.3, 0.4) is 0 Å². The molecule has 26 heavy (non-hydrogen) atoms. The Labute approximate surface area is 152 Å². The molecule has 5 nitrogen and oxygen atoms in total. The van der Waals surface area contributed by atoms with Crippen molar-refractivity contribution >= 4 is 16.9 Å². The van der Waals surface area contributed by atoms with Gasteiger partial charge in [-0.1, -0.05) is 30.3 Å². The largest absolute Gasteiger partial charge is 0.497 e. The van der Waals surface area contributed by atoms with Gasteiger partial charge in [0.1, 0.15) is 11.3 Å². The smallest absolute Gasteiger partial charge is 0.290 e. The molecule has 1 unspecified atom stereocenters. The van der Waals surface area contributed by atoms with Gasteiger partial charge in [0.15, 0.2) is 0 Å². The van der Waals surface area contributed by atoms with Crippen molar-refractivity contribution in [3.8, 4) is 16.9 Å². The number of furan rings is 1. The topological polar surface area (TPSA) is 54.7 Å². The number of fused-ring (bicyclic) bond motifs is 1. The van der Waals surface area contributed by atoms with E-state index < -0.39 is 0 Å². The Kier molecular flexibility index (Phi) is 4.39. The minimum atomic E-state index is -0.0901. The third-order valence-corrected chi connectivity index (χ3v) is 5.06. The fraction of sp³-hybridized carbons (Fsp3) is 0.286. The lowest BCUT2D eigenvalue weighted by molar-refractivity contribution is 0.0715. The van der Waals surface area contributed by atoms with Crippen LogP contribution in [-0.2, 0) is 0 Å². The van der Waals surface area contributed by atoms with Gasteiger partial charge in [0, 0.05) is 36.7 Å². The quantitative estimate of drug-likeness (QED) is 0.782. The van der Waals surface area contributed by atoms with Gasteiger partial charge in [0.2, 0.25) is 5.76 Å². The van der Waals surface area contributed by atoms with E-state index in [1.165, 1.54) is 0 Å². The van der Waals surface area contributed by atoms with Crippen molar-refractivity contribution in [1.82, 2.24) is 10.2 Å². The van der Waals surface area contributed by atoms with Gasteiger partial charge in [0.25, 0.3) is 5.91 Å². The van der Waals surface area contributed by atoms with E-state index in [-0.39, 0.29) is 11.9 Å². The van der Waals surface area contributed by atoms with Crippen LogP contribution in [0, 0.1) is 0 Å². The zero-order chi connectivity index (χ0) is 18.1. The lowest BCUT2D eigenvalue weighted by Crippen LogP contribution is -2.38. The molecule has 1 aliphatic rings. The molecule has 3 aromatic rings. The molecule has 1 saturated heterocycles. The second kappa shape index (κ2) is 6.84. The third kappa shape index (κ3) is 2.84. The molecule has 0 bridgehead atoms. The molecule has 1 N–H and O–H groups in total. The highest BCUT2D eigenvalue weighted by atomic mass is 16.5. The summed E-state index contributed by atoms with van der Waals surface area (Å²) in [5, 5.41) is 4.22. The maximum Gasteiger partial charge on any atom is 0.290 e. The molecule has 134 valence electrons. The number of carbonyl (C=O) groups is 1. The molecule has 1 aromatic heterocycles. The zero-order valence-corrected chi connectivity index (χ0v) is 15.0. The first-order chi connectivity index (χ1) is 12.7. The summed E-state index contributed by atoms with van der Waals surface area (Å²) in [6, 6.07) is 15.8. The SMILES string of the molecule is COc1ccc2c(-c3ccccc3)c(C(=O)N(C)C3CCNC3)oc2c1. The van der Waals surface area contributed by atoms with E-state index in [0.717, 1.165) is 36.0 Å². The second-order valence-corrected chi connectivity index (χ2v) is 6.60. The van der Waals surface area contributed by atoms with Crippen LogP contribution in [0.25, 0.3) is 22.1 Å². The van der Waals surface area contributed by atoms with Gasteiger partial charge in [-0.2, -0.15) is 0 Å². The van der Waals surface area contributed by atoms with Gasteiger partial charge < -0.3 is 19.4 Å². The number of hydrogen-bond acceptors (Lipinski definition) is 4. The standard InChI is InChI=1S/C21H22N2O3/c1-23(15-10-11-22-13-15)21(24)20-19(14-6-4-3-5-7-14)17-9-8-16(25-2)12-18(17)26-20/h3-9,12,15,22H,10-11,13H2,1-2H3.